The number of nitrogens with zero attached hydrogens (tertiary/aromatic N) is 2. The average Bonchev–Trinajstić information content (AvgIpc) is 3.54. The number of carbonyl (C=O) groups is 1. The summed E-state index contributed by atoms with van der Waals surface area (Å²) in [6.07, 6.45) is 1.65. The minimum Gasteiger partial charge on any atom is -0.493 e. The first-order valence-corrected chi connectivity index (χ1v) is 14.4. The first-order valence-electron chi connectivity index (χ1n) is 12.8. The second-order valence-electron chi connectivity index (χ2n) is 8.94. The largest absolute Gasteiger partial charge is 0.493 e. The summed E-state index contributed by atoms with van der Waals surface area (Å²) in [4.78, 5) is 32.3. The quantitative estimate of drug-likeness (QED) is 0.234. The van der Waals surface area contributed by atoms with Crippen molar-refractivity contribution in [3.8, 4) is 22.8 Å². The molecule has 1 aliphatic heterocycles. The van der Waals surface area contributed by atoms with E-state index < -0.39 is 12.0 Å². The monoisotopic (exact) mass is 612 g/mol. The Morgan fingerprint density at radius 1 is 1.12 bits per heavy atom. The molecular formula is C30H26Cl2N2O6S. The molecule has 0 amide bonds. The van der Waals surface area contributed by atoms with E-state index in [1.165, 1.54) is 23.0 Å². The fraction of sp³-hybridized carbons (Fsp3) is 0.233. The van der Waals surface area contributed by atoms with Gasteiger partial charge in [-0.2, -0.15) is 0 Å². The number of ether oxygens (including phenoxy) is 3. The van der Waals surface area contributed by atoms with Gasteiger partial charge < -0.3 is 18.6 Å². The van der Waals surface area contributed by atoms with Crippen LogP contribution in [0.5, 0.6) is 11.5 Å². The van der Waals surface area contributed by atoms with Crippen LogP contribution in [0.25, 0.3) is 17.4 Å². The smallest absolute Gasteiger partial charge is 0.338 e. The summed E-state index contributed by atoms with van der Waals surface area (Å²) in [7, 11) is 1.54. The van der Waals surface area contributed by atoms with Gasteiger partial charge in [-0.1, -0.05) is 46.7 Å². The number of benzene rings is 2. The van der Waals surface area contributed by atoms with Gasteiger partial charge in [-0.15, -0.1) is 0 Å². The predicted molar refractivity (Wildman–Crippen MR) is 159 cm³/mol. The third-order valence-electron chi connectivity index (χ3n) is 6.43. The number of furan rings is 1. The highest BCUT2D eigenvalue weighted by atomic mass is 35.5. The van der Waals surface area contributed by atoms with Crippen molar-refractivity contribution in [3.05, 3.63) is 101 Å². The Hall–Kier alpha value is -3.79. The number of fused-ring (bicyclic) bond motifs is 1. The number of para-hydroxylation sites is 1. The number of hydrogen-bond donors (Lipinski definition) is 0. The minimum absolute atomic E-state index is 0.169. The van der Waals surface area contributed by atoms with Crippen LogP contribution < -0.4 is 24.4 Å². The molecule has 8 nitrogen and oxygen atoms in total. The van der Waals surface area contributed by atoms with Gasteiger partial charge in [0.25, 0.3) is 5.56 Å². The first-order chi connectivity index (χ1) is 19.8. The summed E-state index contributed by atoms with van der Waals surface area (Å²) in [5.74, 6) is 1.39. The number of aromatic nitrogens is 1. The number of rotatable bonds is 8. The highest BCUT2D eigenvalue weighted by Gasteiger charge is 2.36. The fourth-order valence-electron chi connectivity index (χ4n) is 4.66. The van der Waals surface area contributed by atoms with E-state index in [-0.39, 0.29) is 17.7 Å². The Balaban J connectivity index is 1.68. The van der Waals surface area contributed by atoms with Crippen LogP contribution in [0.1, 0.15) is 38.1 Å². The molecule has 3 heterocycles. The topological polar surface area (TPSA) is 92.3 Å². The number of thiazole rings is 1. The Morgan fingerprint density at radius 3 is 2.63 bits per heavy atom. The molecule has 2 aromatic heterocycles. The Morgan fingerprint density at radius 2 is 1.93 bits per heavy atom. The molecule has 0 saturated heterocycles. The maximum absolute atomic E-state index is 14.0. The summed E-state index contributed by atoms with van der Waals surface area (Å²) in [6, 6.07) is 13.3. The van der Waals surface area contributed by atoms with E-state index in [4.69, 9.17) is 41.8 Å². The van der Waals surface area contributed by atoms with E-state index >= 15 is 0 Å². The molecule has 5 rings (SSSR count). The molecule has 1 unspecified atom stereocenters. The minimum atomic E-state index is -0.854. The van der Waals surface area contributed by atoms with Crippen LogP contribution in [0.4, 0.5) is 0 Å². The third kappa shape index (κ3) is 5.45. The lowest BCUT2D eigenvalue weighted by Crippen LogP contribution is -2.40. The summed E-state index contributed by atoms with van der Waals surface area (Å²) >= 11 is 13.4. The van der Waals surface area contributed by atoms with Gasteiger partial charge in [-0.3, -0.25) is 9.36 Å². The molecule has 0 aliphatic carbocycles. The van der Waals surface area contributed by atoms with E-state index in [1.807, 2.05) is 13.0 Å². The SMILES string of the molecule is CCOC(=O)C1=C(C)N=c2s/c(=C\c3ccc(-c4ccc(Cl)c(Cl)c4)o3)c(=O)n2C1c1cccc(OC)c1OCC. The van der Waals surface area contributed by atoms with Crippen LogP contribution >= 0.6 is 34.5 Å². The number of esters is 1. The molecule has 1 aliphatic rings. The van der Waals surface area contributed by atoms with Crippen molar-refractivity contribution >= 4 is 46.6 Å². The van der Waals surface area contributed by atoms with Crippen LogP contribution in [-0.2, 0) is 9.53 Å². The third-order valence-corrected chi connectivity index (χ3v) is 8.16. The van der Waals surface area contributed by atoms with Gasteiger partial charge in [0, 0.05) is 17.2 Å². The van der Waals surface area contributed by atoms with Gasteiger partial charge in [0.15, 0.2) is 16.3 Å². The van der Waals surface area contributed by atoms with Gasteiger partial charge >= 0.3 is 5.97 Å². The standard InChI is InChI=1S/C30H26Cl2N2O6S/c1-5-38-27-19(8-7-9-23(27)37-4)26-25(29(36)39-6-2)16(3)33-30-34(26)28(35)24(41-30)15-18-11-13-22(40-18)17-10-12-20(31)21(32)14-17/h7-15,26H,5-6H2,1-4H3/b24-15-. The second-order valence-corrected chi connectivity index (χ2v) is 10.8. The van der Waals surface area contributed by atoms with E-state index in [9.17, 15) is 9.59 Å². The maximum atomic E-state index is 14.0. The molecular weight excluding hydrogens is 587 g/mol. The maximum Gasteiger partial charge on any atom is 0.338 e. The van der Waals surface area contributed by atoms with Gasteiger partial charge in [-0.25, -0.2) is 9.79 Å². The molecule has 0 radical (unpaired) electrons. The molecule has 0 saturated carbocycles. The lowest BCUT2D eigenvalue weighted by atomic mass is 9.94. The number of allylic oxidation sites excluding steroid dienone is 1. The van der Waals surface area contributed by atoms with Crippen LogP contribution in [0.2, 0.25) is 10.0 Å². The van der Waals surface area contributed by atoms with E-state index in [1.54, 1.807) is 62.4 Å². The van der Waals surface area contributed by atoms with Crippen molar-refractivity contribution in [1.29, 1.82) is 0 Å². The Bertz CT molecular complexity index is 1850. The average molecular weight is 614 g/mol. The van der Waals surface area contributed by atoms with E-state index in [0.717, 1.165) is 5.56 Å². The van der Waals surface area contributed by atoms with E-state index in [0.29, 0.717) is 60.3 Å². The fourth-order valence-corrected chi connectivity index (χ4v) is 5.98. The van der Waals surface area contributed by atoms with Gasteiger partial charge in [-0.05, 0) is 57.2 Å². The Labute approximate surface area is 249 Å². The van der Waals surface area contributed by atoms with Crippen molar-refractivity contribution in [3.63, 3.8) is 0 Å². The molecule has 2 aromatic carbocycles. The summed E-state index contributed by atoms with van der Waals surface area (Å²) in [5.41, 5.74) is 1.69. The number of methoxy groups -OCH3 is 1. The zero-order valence-electron chi connectivity index (χ0n) is 22.7. The van der Waals surface area contributed by atoms with Crippen LogP contribution in [0.15, 0.2) is 74.0 Å². The lowest BCUT2D eigenvalue weighted by molar-refractivity contribution is -0.139. The molecule has 0 bridgehead atoms. The van der Waals surface area contributed by atoms with Gasteiger partial charge in [0.1, 0.15) is 17.6 Å². The number of carbonyl (C=O) groups excluding carboxylic acids is 1. The molecule has 0 spiro atoms. The molecule has 4 aromatic rings. The number of hydrogen-bond acceptors (Lipinski definition) is 8. The normalized spacial score (nSPS) is 15.0. The van der Waals surface area contributed by atoms with Crippen molar-refractivity contribution in [1.82, 2.24) is 4.57 Å². The second kappa shape index (κ2) is 12.0. The molecule has 11 heteroatoms. The zero-order chi connectivity index (χ0) is 29.3. The predicted octanol–water partition coefficient (Wildman–Crippen LogP) is 5.77. The highest BCUT2D eigenvalue weighted by Crippen LogP contribution is 2.40. The highest BCUT2D eigenvalue weighted by molar-refractivity contribution is 7.07. The van der Waals surface area contributed by atoms with E-state index in [2.05, 4.69) is 4.99 Å². The Kier molecular flexibility index (Phi) is 8.40. The molecule has 41 heavy (non-hydrogen) atoms. The van der Waals surface area contributed by atoms with Crippen molar-refractivity contribution < 1.29 is 23.4 Å². The van der Waals surface area contributed by atoms with Crippen molar-refractivity contribution in [2.24, 2.45) is 4.99 Å². The van der Waals surface area contributed by atoms with Crippen LogP contribution in [-0.4, -0.2) is 30.9 Å². The molecule has 0 fully saturated rings. The van der Waals surface area contributed by atoms with Crippen LogP contribution in [0, 0.1) is 0 Å². The summed E-state index contributed by atoms with van der Waals surface area (Å²) < 4.78 is 24.8. The number of halogens is 2. The van der Waals surface area contributed by atoms with Gasteiger partial charge in [0.05, 0.1) is 46.2 Å². The molecule has 1 atom stereocenters. The lowest BCUT2D eigenvalue weighted by Gasteiger charge is -2.26. The molecule has 212 valence electrons. The first kappa shape index (κ1) is 28.7. The van der Waals surface area contributed by atoms with Crippen molar-refractivity contribution in [2.75, 3.05) is 20.3 Å². The van der Waals surface area contributed by atoms with Crippen LogP contribution in [0.3, 0.4) is 0 Å². The zero-order valence-corrected chi connectivity index (χ0v) is 25.0. The van der Waals surface area contributed by atoms with Crippen molar-refractivity contribution in [2.45, 2.75) is 26.8 Å². The van der Waals surface area contributed by atoms with Gasteiger partial charge in [0.2, 0.25) is 0 Å². The summed E-state index contributed by atoms with van der Waals surface area (Å²) in [6.45, 7) is 5.83. The summed E-state index contributed by atoms with van der Waals surface area (Å²) in [5, 5.41) is 0.853. The molecule has 0 N–H and O–H groups in total.